The third kappa shape index (κ3) is 5.05. The van der Waals surface area contributed by atoms with Gasteiger partial charge in [-0.2, -0.15) is 5.26 Å². The summed E-state index contributed by atoms with van der Waals surface area (Å²) in [5.41, 5.74) is 0.430. The number of carbonyl (C=O) groups is 2. The summed E-state index contributed by atoms with van der Waals surface area (Å²) in [7, 11) is 1.58. The predicted molar refractivity (Wildman–Crippen MR) is 95.3 cm³/mol. The molecule has 0 fully saturated rings. The summed E-state index contributed by atoms with van der Waals surface area (Å²) in [6, 6.07) is 9.48. The summed E-state index contributed by atoms with van der Waals surface area (Å²) in [6.45, 7) is -0.0242. The van der Waals surface area contributed by atoms with Gasteiger partial charge in [0.1, 0.15) is 0 Å². The van der Waals surface area contributed by atoms with Crippen molar-refractivity contribution in [3.63, 3.8) is 0 Å². The van der Waals surface area contributed by atoms with Gasteiger partial charge in [0.05, 0.1) is 18.1 Å². The molecule has 2 rings (SSSR count). The molecule has 2 heterocycles. The Morgan fingerprint density at radius 3 is 2.67 bits per heavy atom. The third-order valence-corrected chi connectivity index (χ3v) is 4.87. The fourth-order valence-electron chi connectivity index (χ4n) is 1.84. The van der Waals surface area contributed by atoms with E-state index in [0.29, 0.717) is 12.1 Å². The second kappa shape index (κ2) is 9.01. The van der Waals surface area contributed by atoms with Crippen LogP contribution in [-0.4, -0.2) is 37.0 Å². The standard InChI is InChI=1S/C17H16N2O3S2/c1-19(8-4-7-18)16(20)12-22-17(21)14(15-6-3-10-24-15)11-13-5-2-9-23-13/h2-3,5-6,9-11H,4,8,12H2,1H3. The highest BCUT2D eigenvalue weighted by molar-refractivity contribution is 7.12. The molecule has 0 saturated heterocycles. The van der Waals surface area contributed by atoms with Crippen LogP contribution >= 0.6 is 22.7 Å². The van der Waals surface area contributed by atoms with Gasteiger partial charge in [-0.3, -0.25) is 4.79 Å². The van der Waals surface area contributed by atoms with E-state index < -0.39 is 5.97 Å². The normalized spacial score (nSPS) is 10.9. The second-order valence-corrected chi connectivity index (χ2v) is 6.78. The van der Waals surface area contributed by atoms with Gasteiger partial charge in [0.25, 0.3) is 5.91 Å². The van der Waals surface area contributed by atoms with Gasteiger partial charge in [-0.05, 0) is 29.0 Å². The van der Waals surface area contributed by atoms with Crippen LogP contribution in [0, 0.1) is 11.3 Å². The molecule has 2 aromatic heterocycles. The number of esters is 1. The average molecular weight is 360 g/mol. The maximum atomic E-state index is 12.4. The van der Waals surface area contributed by atoms with Gasteiger partial charge in [0, 0.05) is 23.3 Å². The molecule has 7 heteroatoms. The molecule has 2 aromatic rings. The quantitative estimate of drug-likeness (QED) is 0.561. The molecular weight excluding hydrogens is 344 g/mol. The predicted octanol–water partition coefficient (Wildman–Crippen LogP) is 3.27. The molecule has 0 unspecified atom stereocenters. The molecule has 124 valence electrons. The topological polar surface area (TPSA) is 70.4 Å². The van der Waals surface area contributed by atoms with E-state index >= 15 is 0 Å². The Hall–Kier alpha value is -2.43. The molecule has 0 radical (unpaired) electrons. The zero-order valence-corrected chi connectivity index (χ0v) is 14.7. The summed E-state index contributed by atoms with van der Waals surface area (Å²) in [5.74, 6) is -0.867. The van der Waals surface area contributed by atoms with E-state index in [2.05, 4.69) is 0 Å². The lowest BCUT2D eigenvalue weighted by Crippen LogP contribution is -2.32. The van der Waals surface area contributed by atoms with Crippen molar-refractivity contribution >= 4 is 46.2 Å². The number of hydrogen-bond donors (Lipinski definition) is 0. The number of nitrogens with zero attached hydrogens (tertiary/aromatic N) is 2. The lowest BCUT2D eigenvalue weighted by molar-refractivity contribution is -0.146. The van der Waals surface area contributed by atoms with E-state index in [1.807, 2.05) is 41.1 Å². The first-order valence-electron chi connectivity index (χ1n) is 7.19. The van der Waals surface area contributed by atoms with E-state index in [9.17, 15) is 9.59 Å². The van der Waals surface area contributed by atoms with Gasteiger partial charge < -0.3 is 9.64 Å². The number of carbonyl (C=O) groups excluding carboxylic acids is 2. The summed E-state index contributed by atoms with van der Waals surface area (Å²) in [4.78, 5) is 27.4. The van der Waals surface area contributed by atoms with Crippen LogP contribution in [0.3, 0.4) is 0 Å². The molecule has 0 atom stereocenters. The number of amides is 1. The molecule has 5 nitrogen and oxygen atoms in total. The fraction of sp³-hybridized carbons (Fsp3) is 0.235. The minimum atomic E-state index is -0.534. The largest absolute Gasteiger partial charge is 0.452 e. The van der Waals surface area contributed by atoms with Gasteiger partial charge in [0.15, 0.2) is 6.61 Å². The van der Waals surface area contributed by atoms with Gasteiger partial charge in [-0.15, -0.1) is 22.7 Å². The Kier molecular flexibility index (Phi) is 6.73. The number of nitriles is 1. The summed E-state index contributed by atoms with van der Waals surface area (Å²) < 4.78 is 5.17. The van der Waals surface area contributed by atoms with Crippen molar-refractivity contribution in [1.29, 1.82) is 5.26 Å². The first-order valence-corrected chi connectivity index (χ1v) is 8.95. The third-order valence-electron chi connectivity index (χ3n) is 3.15. The Morgan fingerprint density at radius 1 is 1.29 bits per heavy atom. The van der Waals surface area contributed by atoms with E-state index in [1.165, 1.54) is 27.6 Å². The SMILES string of the molecule is CN(CCC#N)C(=O)COC(=O)C(=Cc1cccs1)c1cccs1. The highest BCUT2D eigenvalue weighted by atomic mass is 32.1. The monoisotopic (exact) mass is 360 g/mol. The van der Waals surface area contributed by atoms with Crippen LogP contribution in [0.15, 0.2) is 35.0 Å². The zero-order valence-electron chi connectivity index (χ0n) is 13.1. The molecule has 0 aliphatic carbocycles. The van der Waals surface area contributed by atoms with Crippen molar-refractivity contribution in [3.8, 4) is 6.07 Å². The lowest BCUT2D eigenvalue weighted by atomic mass is 10.2. The van der Waals surface area contributed by atoms with Gasteiger partial charge >= 0.3 is 5.97 Å². The number of hydrogen-bond acceptors (Lipinski definition) is 6. The lowest BCUT2D eigenvalue weighted by Gasteiger charge is -2.15. The van der Waals surface area contributed by atoms with Crippen LogP contribution in [0.2, 0.25) is 0 Å². The summed E-state index contributed by atoms with van der Waals surface area (Å²) >= 11 is 2.96. The minimum absolute atomic E-state index is 0.245. The molecule has 0 spiro atoms. The van der Waals surface area contributed by atoms with E-state index in [1.54, 1.807) is 13.1 Å². The van der Waals surface area contributed by atoms with Crippen molar-refractivity contribution in [2.45, 2.75) is 6.42 Å². The molecule has 24 heavy (non-hydrogen) atoms. The van der Waals surface area contributed by atoms with Crippen LogP contribution in [-0.2, 0) is 14.3 Å². The summed E-state index contributed by atoms with van der Waals surface area (Å²) in [6.07, 6.45) is 2.01. The number of thiophene rings is 2. The molecule has 0 aliphatic rings. The van der Waals surface area contributed by atoms with Gasteiger partial charge in [0.2, 0.25) is 0 Å². The Morgan fingerprint density at radius 2 is 2.04 bits per heavy atom. The molecule has 0 saturated carbocycles. The van der Waals surface area contributed by atoms with Crippen molar-refractivity contribution < 1.29 is 14.3 Å². The van der Waals surface area contributed by atoms with E-state index in [4.69, 9.17) is 10.00 Å². The maximum Gasteiger partial charge on any atom is 0.340 e. The Labute approximate surface area is 148 Å². The zero-order chi connectivity index (χ0) is 17.4. The van der Waals surface area contributed by atoms with Gasteiger partial charge in [-0.25, -0.2) is 4.79 Å². The van der Waals surface area contributed by atoms with Crippen LogP contribution in [0.25, 0.3) is 11.6 Å². The average Bonchev–Trinajstić information content (AvgIpc) is 3.28. The smallest absolute Gasteiger partial charge is 0.340 e. The molecule has 1 amide bonds. The van der Waals surface area contributed by atoms with Crippen molar-refractivity contribution in [1.82, 2.24) is 4.90 Å². The Balaban J connectivity index is 2.04. The molecule has 0 bridgehead atoms. The molecule has 0 N–H and O–H groups in total. The molecular formula is C17H16N2O3S2. The van der Waals surface area contributed by atoms with Crippen LogP contribution in [0.4, 0.5) is 0 Å². The van der Waals surface area contributed by atoms with Crippen molar-refractivity contribution in [2.24, 2.45) is 0 Å². The van der Waals surface area contributed by atoms with Crippen molar-refractivity contribution in [3.05, 3.63) is 44.8 Å². The van der Waals surface area contributed by atoms with E-state index in [-0.39, 0.29) is 18.9 Å². The first-order chi connectivity index (χ1) is 11.6. The van der Waals surface area contributed by atoms with Crippen molar-refractivity contribution in [2.75, 3.05) is 20.2 Å². The highest BCUT2D eigenvalue weighted by Crippen LogP contribution is 2.25. The highest BCUT2D eigenvalue weighted by Gasteiger charge is 2.18. The van der Waals surface area contributed by atoms with Crippen LogP contribution in [0.5, 0.6) is 0 Å². The molecule has 0 aliphatic heterocycles. The molecule has 0 aromatic carbocycles. The van der Waals surface area contributed by atoms with E-state index in [0.717, 1.165) is 9.75 Å². The number of likely N-dealkylation sites (N-methyl/N-ethyl adjacent to an activating group) is 1. The maximum absolute atomic E-state index is 12.4. The second-order valence-electron chi connectivity index (χ2n) is 4.85. The summed E-state index contributed by atoms with van der Waals surface area (Å²) in [5, 5.41) is 12.3. The Bertz CT molecular complexity index is 743. The minimum Gasteiger partial charge on any atom is -0.452 e. The first kappa shape index (κ1) is 17.9. The number of rotatable bonds is 7. The van der Waals surface area contributed by atoms with Gasteiger partial charge in [-0.1, -0.05) is 12.1 Å². The number of ether oxygens (including phenoxy) is 1. The van der Waals surface area contributed by atoms with Crippen LogP contribution < -0.4 is 0 Å². The van der Waals surface area contributed by atoms with Crippen LogP contribution in [0.1, 0.15) is 16.2 Å². The fourth-order valence-corrected chi connectivity index (χ4v) is 3.22.